The summed E-state index contributed by atoms with van der Waals surface area (Å²) in [5.41, 5.74) is 0. The minimum absolute atomic E-state index is 0.142. The zero-order valence-electron chi connectivity index (χ0n) is 12.3. The Morgan fingerprint density at radius 3 is 2.91 bits per heavy atom. The SMILES string of the molecule is CCOc1cccc(NS(=O)(=O)c2cnn(C3CCC3)c2)n1. The number of nitrogens with zero attached hydrogens (tertiary/aromatic N) is 3. The van der Waals surface area contributed by atoms with Crippen LogP contribution in [0.5, 0.6) is 5.88 Å². The van der Waals surface area contributed by atoms with Crippen molar-refractivity contribution >= 4 is 15.8 Å². The fourth-order valence-corrected chi connectivity index (χ4v) is 3.15. The van der Waals surface area contributed by atoms with E-state index in [1.54, 1.807) is 29.1 Å². The number of sulfonamides is 1. The Kier molecular flexibility index (Phi) is 4.02. The van der Waals surface area contributed by atoms with Gasteiger partial charge in [-0.1, -0.05) is 6.07 Å². The van der Waals surface area contributed by atoms with E-state index >= 15 is 0 Å². The van der Waals surface area contributed by atoms with Crippen molar-refractivity contribution in [3.8, 4) is 5.88 Å². The van der Waals surface area contributed by atoms with Crippen molar-refractivity contribution in [3.05, 3.63) is 30.6 Å². The second-order valence-electron chi connectivity index (χ2n) is 5.14. The molecular weight excluding hydrogens is 304 g/mol. The number of nitrogens with one attached hydrogen (secondary N) is 1. The Balaban J connectivity index is 1.77. The molecule has 0 amide bonds. The molecule has 0 radical (unpaired) electrons. The van der Waals surface area contributed by atoms with E-state index in [1.165, 1.54) is 12.6 Å². The third kappa shape index (κ3) is 3.06. The maximum Gasteiger partial charge on any atom is 0.266 e. The summed E-state index contributed by atoms with van der Waals surface area (Å²) in [6, 6.07) is 5.27. The van der Waals surface area contributed by atoms with Crippen LogP contribution >= 0.6 is 0 Å². The van der Waals surface area contributed by atoms with Crippen LogP contribution in [0.1, 0.15) is 32.2 Å². The molecule has 1 N–H and O–H groups in total. The van der Waals surface area contributed by atoms with E-state index in [4.69, 9.17) is 4.74 Å². The van der Waals surface area contributed by atoms with E-state index in [1.807, 2.05) is 6.92 Å². The molecule has 3 rings (SSSR count). The summed E-state index contributed by atoms with van der Waals surface area (Å²) >= 11 is 0. The van der Waals surface area contributed by atoms with Gasteiger partial charge in [-0.2, -0.15) is 10.1 Å². The summed E-state index contributed by atoms with van der Waals surface area (Å²) in [6.45, 7) is 2.31. The van der Waals surface area contributed by atoms with Gasteiger partial charge in [-0.3, -0.25) is 9.40 Å². The van der Waals surface area contributed by atoms with Crippen LogP contribution in [0.15, 0.2) is 35.5 Å². The van der Waals surface area contributed by atoms with Crippen molar-refractivity contribution in [2.45, 2.75) is 37.1 Å². The zero-order valence-corrected chi connectivity index (χ0v) is 13.1. The first kappa shape index (κ1) is 14.8. The van der Waals surface area contributed by atoms with Crippen molar-refractivity contribution in [2.75, 3.05) is 11.3 Å². The molecule has 1 aliphatic rings. The minimum atomic E-state index is -3.69. The van der Waals surface area contributed by atoms with Gasteiger partial charge in [0.1, 0.15) is 10.7 Å². The molecular formula is C14H18N4O3S. The van der Waals surface area contributed by atoms with Crippen LogP contribution in [0.3, 0.4) is 0 Å². The van der Waals surface area contributed by atoms with Gasteiger partial charge in [0.05, 0.1) is 18.8 Å². The maximum absolute atomic E-state index is 12.4. The lowest BCUT2D eigenvalue weighted by molar-refractivity contribution is 0.289. The van der Waals surface area contributed by atoms with Gasteiger partial charge in [0, 0.05) is 12.3 Å². The largest absolute Gasteiger partial charge is 0.478 e. The van der Waals surface area contributed by atoms with Crippen molar-refractivity contribution in [2.24, 2.45) is 0 Å². The lowest BCUT2D eigenvalue weighted by atomic mass is 9.93. The monoisotopic (exact) mass is 322 g/mol. The van der Waals surface area contributed by atoms with Crippen LogP contribution in [0.4, 0.5) is 5.82 Å². The molecule has 0 bridgehead atoms. The first-order valence-electron chi connectivity index (χ1n) is 7.25. The quantitative estimate of drug-likeness (QED) is 0.881. The van der Waals surface area contributed by atoms with Crippen LogP contribution in [0.25, 0.3) is 0 Å². The van der Waals surface area contributed by atoms with Gasteiger partial charge in [-0.25, -0.2) is 8.42 Å². The predicted molar refractivity (Wildman–Crippen MR) is 81.3 cm³/mol. The minimum Gasteiger partial charge on any atom is -0.478 e. The van der Waals surface area contributed by atoms with Gasteiger partial charge >= 0.3 is 0 Å². The highest BCUT2D eigenvalue weighted by atomic mass is 32.2. The molecule has 22 heavy (non-hydrogen) atoms. The summed E-state index contributed by atoms with van der Waals surface area (Å²) in [4.78, 5) is 4.24. The maximum atomic E-state index is 12.4. The number of rotatable bonds is 6. The Bertz CT molecular complexity index is 753. The first-order chi connectivity index (χ1) is 10.6. The number of aromatic nitrogens is 3. The molecule has 0 saturated heterocycles. The standard InChI is InChI=1S/C14H18N4O3S/c1-2-21-14-8-4-7-13(16-14)17-22(19,20)12-9-15-18(10-12)11-5-3-6-11/h4,7-11H,2-3,5-6H2,1H3,(H,16,17). The third-order valence-electron chi connectivity index (χ3n) is 3.59. The van der Waals surface area contributed by atoms with Crippen molar-refractivity contribution in [1.29, 1.82) is 0 Å². The highest BCUT2D eigenvalue weighted by molar-refractivity contribution is 7.92. The molecule has 2 heterocycles. The molecule has 0 aliphatic heterocycles. The summed E-state index contributed by atoms with van der Waals surface area (Å²) in [7, 11) is -3.69. The van der Waals surface area contributed by atoms with E-state index < -0.39 is 10.0 Å². The van der Waals surface area contributed by atoms with E-state index in [0.717, 1.165) is 12.8 Å². The van der Waals surface area contributed by atoms with Gasteiger partial charge in [0.2, 0.25) is 5.88 Å². The Morgan fingerprint density at radius 2 is 2.23 bits per heavy atom. The highest BCUT2D eigenvalue weighted by Crippen LogP contribution is 2.31. The van der Waals surface area contributed by atoms with Crippen LogP contribution in [-0.2, 0) is 10.0 Å². The molecule has 1 saturated carbocycles. The summed E-state index contributed by atoms with van der Waals surface area (Å²) in [5.74, 6) is 0.607. The summed E-state index contributed by atoms with van der Waals surface area (Å²) in [5, 5.41) is 4.15. The van der Waals surface area contributed by atoms with E-state index in [9.17, 15) is 8.42 Å². The van der Waals surface area contributed by atoms with Gasteiger partial charge in [-0.15, -0.1) is 0 Å². The molecule has 2 aromatic heterocycles. The molecule has 1 aliphatic carbocycles. The zero-order chi connectivity index (χ0) is 15.6. The van der Waals surface area contributed by atoms with E-state index in [0.29, 0.717) is 18.5 Å². The molecule has 1 fully saturated rings. The van der Waals surface area contributed by atoms with Crippen LogP contribution in [0.2, 0.25) is 0 Å². The second kappa shape index (κ2) is 5.96. The second-order valence-corrected chi connectivity index (χ2v) is 6.82. The normalized spacial score (nSPS) is 15.3. The van der Waals surface area contributed by atoms with Gasteiger partial charge < -0.3 is 4.74 Å². The number of ether oxygens (including phenoxy) is 1. The predicted octanol–water partition coefficient (Wildman–Crippen LogP) is 2.20. The third-order valence-corrected chi connectivity index (χ3v) is 4.90. The Hall–Kier alpha value is -2.09. The molecule has 2 aromatic rings. The number of pyridine rings is 1. The number of hydrogen-bond acceptors (Lipinski definition) is 5. The summed E-state index contributed by atoms with van der Waals surface area (Å²) in [6.07, 6.45) is 6.20. The van der Waals surface area contributed by atoms with Crippen LogP contribution < -0.4 is 9.46 Å². The van der Waals surface area contributed by atoms with Gasteiger partial charge in [0.15, 0.2) is 0 Å². The van der Waals surface area contributed by atoms with Gasteiger partial charge in [-0.05, 0) is 32.3 Å². The molecule has 7 nitrogen and oxygen atoms in total. The van der Waals surface area contributed by atoms with Crippen molar-refractivity contribution in [3.63, 3.8) is 0 Å². The molecule has 8 heteroatoms. The molecule has 0 unspecified atom stereocenters. The fraction of sp³-hybridized carbons (Fsp3) is 0.429. The summed E-state index contributed by atoms with van der Waals surface area (Å²) < 4.78 is 34.2. The topological polar surface area (TPSA) is 86.1 Å². The number of anilines is 1. The van der Waals surface area contributed by atoms with Crippen molar-refractivity contribution < 1.29 is 13.2 Å². The van der Waals surface area contributed by atoms with Crippen LogP contribution in [0, 0.1) is 0 Å². The average molecular weight is 322 g/mol. The Morgan fingerprint density at radius 1 is 1.41 bits per heavy atom. The lowest BCUT2D eigenvalue weighted by Crippen LogP contribution is -2.17. The average Bonchev–Trinajstić information content (AvgIpc) is 2.87. The Labute approximate surface area is 129 Å². The first-order valence-corrected chi connectivity index (χ1v) is 8.73. The van der Waals surface area contributed by atoms with E-state index in [2.05, 4.69) is 14.8 Å². The molecule has 0 atom stereocenters. The molecule has 118 valence electrons. The lowest BCUT2D eigenvalue weighted by Gasteiger charge is -2.25. The fourth-order valence-electron chi connectivity index (χ4n) is 2.21. The number of hydrogen-bond donors (Lipinski definition) is 1. The van der Waals surface area contributed by atoms with Crippen molar-refractivity contribution in [1.82, 2.24) is 14.8 Å². The van der Waals surface area contributed by atoms with E-state index in [-0.39, 0.29) is 10.7 Å². The van der Waals surface area contributed by atoms with Crippen LogP contribution in [-0.4, -0.2) is 29.8 Å². The smallest absolute Gasteiger partial charge is 0.266 e. The molecule has 0 spiro atoms. The van der Waals surface area contributed by atoms with Gasteiger partial charge in [0.25, 0.3) is 10.0 Å². The molecule has 0 aromatic carbocycles. The highest BCUT2D eigenvalue weighted by Gasteiger charge is 2.23.